The second kappa shape index (κ2) is 12.4. The highest BCUT2D eigenvalue weighted by atomic mass is 32.1. The molecule has 0 spiro atoms. The second-order valence-corrected chi connectivity index (χ2v) is 7.71. The third-order valence-electron chi connectivity index (χ3n) is 4.79. The van der Waals surface area contributed by atoms with Crippen molar-refractivity contribution in [3.8, 4) is 0 Å². The Labute approximate surface area is 181 Å². The van der Waals surface area contributed by atoms with Crippen LogP contribution in [0.15, 0.2) is 17.7 Å². The molecule has 2 heterocycles. The summed E-state index contributed by atoms with van der Waals surface area (Å²) >= 11 is 1.05. The van der Waals surface area contributed by atoms with Gasteiger partial charge in [0.1, 0.15) is 10.6 Å². The number of hydrogen-bond donors (Lipinski definition) is 4. The van der Waals surface area contributed by atoms with Gasteiger partial charge >= 0.3 is 6.03 Å². The highest BCUT2D eigenvalue weighted by Gasteiger charge is 2.23. The summed E-state index contributed by atoms with van der Waals surface area (Å²) < 4.78 is 9.73. The second-order valence-electron chi connectivity index (χ2n) is 6.94. The van der Waals surface area contributed by atoms with Crippen molar-refractivity contribution >= 4 is 34.0 Å². The number of rotatable bonds is 10. The van der Waals surface area contributed by atoms with Gasteiger partial charge in [0.15, 0.2) is 0 Å². The number of likely N-dealkylation sites (N-methyl/N-ethyl adjacent to an activating group) is 1. The van der Waals surface area contributed by atoms with Crippen molar-refractivity contribution < 1.29 is 14.3 Å². The number of carbonyl (C=O) groups excluding carboxylic acids is 2. The first kappa shape index (κ1) is 24.0. The van der Waals surface area contributed by atoms with Gasteiger partial charge in [0.2, 0.25) is 0 Å². The molecule has 0 aliphatic carbocycles. The topological polar surface area (TPSA) is 122 Å². The predicted molar refractivity (Wildman–Crippen MR) is 121 cm³/mol. The summed E-state index contributed by atoms with van der Waals surface area (Å²) in [6.07, 6.45) is 4.73. The number of primary amides is 1. The van der Waals surface area contributed by atoms with E-state index in [4.69, 9.17) is 10.5 Å². The van der Waals surface area contributed by atoms with E-state index >= 15 is 0 Å². The quantitative estimate of drug-likeness (QED) is 0.327. The standard InChI is InChI=1S/C20H32N6O3S/c1-4-15(14(2)6-8-22-3)17-16(18(21)27)19(30-25-17)24-20(28)23-7-5-9-26-10-12-29-13-11-26/h4,6,22H,5,7-13H2,1-3H3,(H2,21,27)(H2,23,24,28)/b14-6-,15-4+. The van der Waals surface area contributed by atoms with Gasteiger partial charge in [-0.2, -0.15) is 4.37 Å². The maximum atomic E-state index is 12.3. The fraction of sp³-hybridized carbons (Fsp3) is 0.550. The van der Waals surface area contributed by atoms with Crippen LogP contribution >= 0.6 is 11.5 Å². The number of ether oxygens (including phenoxy) is 1. The third kappa shape index (κ3) is 6.91. The molecule has 0 bridgehead atoms. The van der Waals surface area contributed by atoms with Crippen LogP contribution < -0.4 is 21.7 Å². The number of amides is 3. The fourth-order valence-corrected chi connectivity index (χ4v) is 3.98. The molecule has 5 N–H and O–H groups in total. The van der Waals surface area contributed by atoms with E-state index in [9.17, 15) is 9.59 Å². The molecule has 0 radical (unpaired) electrons. The van der Waals surface area contributed by atoms with Crippen LogP contribution in [-0.2, 0) is 4.74 Å². The number of allylic oxidation sites excluding steroid dienone is 3. The molecule has 30 heavy (non-hydrogen) atoms. The van der Waals surface area contributed by atoms with Gasteiger partial charge in [0.25, 0.3) is 5.91 Å². The molecule has 2 rings (SSSR count). The highest BCUT2D eigenvalue weighted by molar-refractivity contribution is 7.11. The van der Waals surface area contributed by atoms with Crippen LogP contribution in [0.3, 0.4) is 0 Å². The number of nitrogens with two attached hydrogens (primary N) is 1. The molecular formula is C20H32N6O3S. The van der Waals surface area contributed by atoms with Crippen LogP contribution in [-0.4, -0.2) is 74.2 Å². The number of anilines is 1. The van der Waals surface area contributed by atoms with Crippen LogP contribution in [0.2, 0.25) is 0 Å². The Morgan fingerprint density at radius 3 is 2.70 bits per heavy atom. The van der Waals surface area contributed by atoms with Gasteiger partial charge in [-0.05, 0) is 51.0 Å². The number of urea groups is 1. The maximum absolute atomic E-state index is 12.3. The zero-order valence-corrected chi connectivity index (χ0v) is 18.7. The largest absolute Gasteiger partial charge is 0.379 e. The molecule has 1 saturated heterocycles. The SMILES string of the molecule is C/C=C(\C(C)=C/CNC)c1nsc(NC(=O)NCCCN2CCOCC2)c1C(N)=O. The van der Waals surface area contributed by atoms with Crippen molar-refractivity contribution in [2.45, 2.75) is 20.3 Å². The van der Waals surface area contributed by atoms with E-state index in [1.807, 2.05) is 33.0 Å². The molecule has 1 aromatic rings. The lowest BCUT2D eigenvalue weighted by atomic mass is 10.00. The highest BCUT2D eigenvalue weighted by Crippen LogP contribution is 2.32. The van der Waals surface area contributed by atoms with Gasteiger partial charge in [-0.1, -0.05) is 12.2 Å². The van der Waals surface area contributed by atoms with Crippen LogP contribution in [0.25, 0.3) is 5.57 Å². The Morgan fingerprint density at radius 2 is 2.07 bits per heavy atom. The summed E-state index contributed by atoms with van der Waals surface area (Å²) in [6, 6.07) is -0.376. The van der Waals surface area contributed by atoms with Crippen LogP contribution in [0.1, 0.15) is 36.3 Å². The Hall–Kier alpha value is -2.27. The monoisotopic (exact) mass is 436 g/mol. The normalized spacial score (nSPS) is 15.8. The molecule has 3 amide bonds. The maximum Gasteiger partial charge on any atom is 0.319 e. The lowest BCUT2D eigenvalue weighted by molar-refractivity contribution is 0.0375. The van der Waals surface area contributed by atoms with Gasteiger partial charge in [-0.25, -0.2) is 4.79 Å². The molecule has 0 aromatic carbocycles. The minimum absolute atomic E-state index is 0.230. The molecule has 1 aromatic heterocycles. The van der Waals surface area contributed by atoms with Crippen molar-refractivity contribution in [3.05, 3.63) is 29.0 Å². The van der Waals surface area contributed by atoms with Crippen molar-refractivity contribution in [2.75, 3.05) is 58.3 Å². The molecule has 10 heteroatoms. The Bertz CT molecular complexity index is 784. The first-order chi connectivity index (χ1) is 14.5. The molecular weight excluding hydrogens is 404 g/mol. The number of carbonyl (C=O) groups is 2. The Kier molecular flexibility index (Phi) is 9.95. The number of hydrogen-bond acceptors (Lipinski definition) is 7. The zero-order valence-electron chi connectivity index (χ0n) is 17.9. The van der Waals surface area contributed by atoms with E-state index in [0.717, 1.165) is 61.9 Å². The summed E-state index contributed by atoms with van der Waals surface area (Å²) in [5.41, 5.74) is 8.12. The van der Waals surface area contributed by atoms with Gasteiger partial charge in [-0.15, -0.1) is 0 Å². The Morgan fingerprint density at radius 1 is 1.33 bits per heavy atom. The van der Waals surface area contributed by atoms with E-state index in [0.29, 0.717) is 23.8 Å². The number of nitrogens with zero attached hydrogens (tertiary/aromatic N) is 2. The molecule has 0 unspecified atom stereocenters. The average molecular weight is 437 g/mol. The lowest BCUT2D eigenvalue weighted by Crippen LogP contribution is -2.38. The van der Waals surface area contributed by atoms with Gasteiger partial charge < -0.3 is 21.1 Å². The smallest absolute Gasteiger partial charge is 0.319 e. The molecule has 1 aliphatic rings. The lowest BCUT2D eigenvalue weighted by Gasteiger charge is -2.26. The zero-order chi connectivity index (χ0) is 21.9. The minimum atomic E-state index is -0.623. The van der Waals surface area contributed by atoms with Crippen LogP contribution in [0, 0.1) is 0 Å². The van der Waals surface area contributed by atoms with Crippen molar-refractivity contribution in [3.63, 3.8) is 0 Å². The van der Waals surface area contributed by atoms with E-state index in [-0.39, 0.29) is 11.6 Å². The fourth-order valence-electron chi connectivity index (χ4n) is 3.18. The van der Waals surface area contributed by atoms with Gasteiger partial charge in [0.05, 0.1) is 18.9 Å². The average Bonchev–Trinajstić information content (AvgIpc) is 3.14. The summed E-state index contributed by atoms with van der Waals surface area (Å²) in [5, 5.41) is 8.96. The van der Waals surface area contributed by atoms with Crippen molar-refractivity contribution in [1.29, 1.82) is 0 Å². The number of morpholine rings is 1. The number of nitrogens with one attached hydrogen (secondary N) is 3. The Balaban J connectivity index is 1.98. The van der Waals surface area contributed by atoms with Crippen molar-refractivity contribution in [1.82, 2.24) is 19.9 Å². The third-order valence-corrected chi connectivity index (χ3v) is 5.55. The molecule has 0 atom stereocenters. The van der Waals surface area contributed by atoms with E-state index < -0.39 is 5.91 Å². The van der Waals surface area contributed by atoms with Gasteiger partial charge in [0, 0.05) is 31.8 Å². The predicted octanol–water partition coefficient (Wildman–Crippen LogP) is 1.65. The molecule has 0 saturated carbocycles. The molecule has 9 nitrogen and oxygen atoms in total. The first-order valence-electron chi connectivity index (χ1n) is 10.1. The molecule has 1 aliphatic heterocycles. The first-order valence-corrected chi connectivity index (χ1v) is 10.9. The van der Waals surface area contributed by atoms with Crippen LogP contribution in [0.4, 0.5) is 9.80 Å². The van der Waals surface area contributed by atoms with Crippen LogP contribution in [0.5, 0.6) is 0 Å². The molecule has 166 valence electrons. The summed E-state index contributed by atoms with van der Waals surface area (Å²) in [5.74, 6) is -0.623. The minimum Gasteiger partial charge on any atom is -0.379 e. The van der Waals surface area contributed by atoms with E-state index in [1.54, 1.807) is 0 Å². The van der Waals surface area contributed by atoms with Crippen molar-refractivity contribution in [2.24, 2.45) is 5.73 Å². The molecule has 1 fully saturated rings. The summed E-state index contributed by atoms with van der Waals surface area (Å²) in [4.78, 5) is 26.7. The summed E-state index contributed by atoms with van der Waals surface area (Å²) in [7, 11) is 1.86. The summed E-state index contributed by atoms with van der Waals surface area (Å²) in [6.45, 7) is 9.33. The number of aromatic nitrogens is 1. The van der Waals surface area contributed by atoms with E-state index in [1.165, 1.54) is 0 Å². The van der Waals surface area contributed by atoms with Gasteiger partial charge in [-0.3, -0.25) is 15.0 Å². The van der Waals surface area contributed by atoms with E-state index in [2.05, 4.69) is 25.2 Å².